The number of hydrogen-bond donors (Lipinski definition) is 1. The van der Waals surface area contributed by atoms with E-state index in [0.717, 1.165) is 22.6 Å². The maximum absolute atomic E-state index is 12.2. The van der Waals surface area contributed by atoms with Crippen molar-refractivity contribution in [1.29, 1.82) is 0 Å². The minimum absolute atomic E-state index is 0.0876. The normalized spacial score (nSPS) is 11.2. The van der Waals surface area contributed by atoms with Crippen molar-refractivity contribution < 1.29 is 28.5 Å². The van der Waals surface area contributed by atoms with Crippen LogP contribution in [0, 0.1) is 0 Å². The predicted molar refractivity (Wildman–Crippen MR) is 148 cm³/mol. The van der Waals surface area contributed by atoms with Gasteiger partial charge in [-0.15, -0.1) is 0 Å². The van der Waals surface area contributed by atoms with Crippen LogP contribution in [0.2, 0.25) is 0 Å². The summed E-state index contributed by atoms with van der Waals surface area (Å²) in [6, 6.07) is 18.8. The van der Waals surface area contributed by atoms with Gasteiger partial charge in [-0.05, 0) is 41.5 Å². The second-order valence-electron chi connectivity index (χ2n) is 8.66. The molecule has 0 aliphatic rings. The van der Waals surface area contributed by atoms with Crippen LogP contribution in [-0.4, -0.2) is 42.2 Å². The van der Waals surface area contributed by atoms with Crippen LogP contribution in [0.25, 0.3) is 17.2 Å². The van der Waals surface area contributed by atoms with Gasteiger partial charge in [0.2, 0.25) is 17.5 Å². The van der Waals surface area contributed by atoms with Crippen LogP contribution >= 0.6 is 0 Å². The molecule has 0 aliphatic carbocycles. The first-order valence-corrected chi connectivity index (χ1v) is 12.4. The predicted octanol–water partition coefficient (Wildman–Crippen LogP) is 5.85. The molecule has 0 spiro atoms. The van der Waals surface area contributed by atoms with Gasteiger partial charge in [-0.3, -0.25) is 4.79 Å². The standard InChI is InChI=1S/C30H31N3O6/c1-5-23(34)17-26(35)28-29(32-30(39-28)22-14-15-31-27(16-22)38-4)33(18-20-6-10-24(36-2)11-7-20)19-21-8-12-25(37-3)13-9-21/h6-17,35H,5,18-19H2,1-4H3/b26-17-. The van der Waals surface area contributed by atoms with Gasteiger partial charge in [0.25, 0.3) is 0 Å². The number of methoxy groups -OCH3 is 3. The molecule has 0 atom stereocenters. The van der Waals surface area contributed by atoms with Crippen molar-refractivity contribution >= 4 is 17.4 Å². The van der Waals surface area contributed by atoms with Gasteiger partial charge in [0, 0.05) is 43.4 Å². The minimum Gasteiger partial charge on any atom is -0.504 e. The summed E-state index contributed by atoms with van der Waals surface area (Å²) < 4.78 is 22.0. The quantitative estimate of drug-likeness (QED) is 0.179. The molecule has 4 aromatic rings. The van der Waals surface area contributed by atoms with Crippen molar-refractivity contribution in [1.82, 2.24) is 9.97 Å². The third-order valence-electron chi connectivity index (χ3n) is 6.04. The maximum Gasteiger partial charge on any atom is 0.229 e. The zero-order chi connectivity index (χ0) is 27.8. The molecular weight excluding hydrogens is 498 g/mol. The lowest BCUT2D eigenvalue weighted by Crippen LogP contribution is -2.23. The number of anilines is 1. The monoisotopic (exact) mass is 529 g/mol. The summed E-state index contributed by atoms with van der Waals surface area (Å²) in [6.45, 7) is 2.59. The summed E-state index contributed by atoms with van der Waals surface area (Å²) in [5.74, 6) is 2.06. The van der Waals surface area contributed by atoms with Crippen molar-refractivity contribution in [2.75, 3.05) is 26.2 Å². The van der Waals surface area contributed by atoms with E-state index in [9.17, 15) is 9.90 Å². The van der Waals surface area contributed by atoms with E-state index in [1.807, 2.05) is 53.4 Å². The second-order valence-corrected chi connectivity index (χ2v) is 8.66. The Balaban J connectivity index is 1.82. The molecule has 2 heterocycles. The number of hydrogen-bond acceptors (Lipinski definition) is 9. The van der Waals surface area contributed by atoms with Crippen LogP contribution in [-0.2, 0) is 17.9 Å². The molecule has 0 amide bonds. The Morgan fingerprint density at radius 1 is 0.923 bits per heavy atom. The first-order chi connectivity index (χ1) is 18.9. The number of aromatic nitrogens is 2. The molecule has 9 heteroatoms. The Bertz CT molecular complexity index is 1380. The molecule has 4 rings (SSSR count). The van der Waals surface area contributed by atoms with E-state index in [1.54, 1.807) is 39.5 Å². The second kappa shape index (κ2) is 12.6. The van der Waals surface area contributed by atoms with Gasteiger partial charge >= 0.3 is 0 Å². The zero-order valence-electron chi connectivity index (χ0n) is 22.4. The van der Waals surface area contributed by atoms with Crippen LogP contribution in [0.3, 0.4) is 0 Å². The Hall–Kier alpha value is -4.79. The Kier molecular flexibility index (Phi) is 8.83. The molecule has 1 N–H and O–H groups in total. The molecule has 0 aliphatic heterocycles. The molecule has 9 nitrogen and oxygen atoms in total. The highest BCUT2D eigenvalue weighted by molar-refractivity contribution is 5.95. The van der Waals surface area contributed by atoms with Crippen LogP contribution in [0.15, 0.2) is 77.4 Å². The molecular formula is C30H31N3O6. The number of pyridine rings is 1. The molecule has 2 aromatic heterocycles. The van der Waals surface area contributed by atoms with Crippen molar-refractivity contribution in [3.63, 3.8) is 0 Å². The Morgan fingerprint density at radius 3 is 2.03 bits per heavy atom. The third kappa shape index (κ3) is 6.75. The van der Waals surface area contributed by atoms with Crippen LogP contribution < -0.4 is 19.1 Å². The summed E-state index contributed by atoms with van der Waals surface area (Å²) in [4.78, 5) is 23.1. The van der Waals surface area contributed by atoms with Gasteiger partial charge in [-0.25, -0.2) is 4.98 Å². The Morgan fingerprint density at radius 2 is 1.51 bits per heavy atom. The SMILES string of the molecule is CCC(=O)/C=C(\O)c1oc(-c2ccnc(OC)c2)nc1N(Cc1ccc(OC)cc1)Cc1ccc(OC)cc1. The first kappa shape index (κ1) is 27.3. The topological polar surface area (TPSA) is 107 Å². The van der Waals surface area contributed by atoms with E-state index in [0.29, 0.717) is 30.4 Å². The van der Waals surface area contributed by atoms with Crippen molar-refractivity contribution in [2.45, 2.75) is 26.4 Å². The summed E-state index contributed by atoms with van der Waals surface area (Å²) >= 11 is 0. The van der Waals surface area contributed by atoms with Crippen LogP contribution in [0.5, 0.6) is 17.4 Å². The zero-order valence-corrected chi connectivity index (χ0v) is 22.4. The lowest BCUT2D eigenvalue weighted by atomic mass is 10.1. The van der Waals surface area contributed by atoms with Crippen LogP contribution in [0.1, 0.15) is 30.2 Å². The number of ether oxygens (including phenoxy) is 3. The number of oxazole rings is 1. The number of carbonyl (C=O) groups excluding carboxylic acids is 1. The van der Waals surface area contributed by atoms with Gasteiger partial charge in [-0.1, -0.05) is 31.2 Å². The average molecular weight is 530 g/mol. The first-order valence-electron chi connectivity index (χ1n) is 12.4. The van der Waals surface area contributed by atoms with E-state index in [2.05, 4.69) is 4.98 Å². The van der Waals surface area contributed by atoms with E-state index in [-0.39, 0.29) is 29.6 Å². The fraction of sp³-hybridized carbons (Fsp3) is 0.233. The van der Waals surface area contributed by atoms with E-state index >= 15 is 0 Å². The number of rotatable bonds is 12. The summed E-state index contributed by atoms with van der Waals surface area (Å²) in [5, 5.41) is 11.0. The van der Waals surface area contributed by atoms with Gasteiger partial charge < -0.3 is 28.6 Å². The van der Waals surface area contributed by atoms with Crippen LogP contribution in [0.4, 0.5) is 5.82 Å². The van der Waals surface area contributed by atoms with Gasteiger partial charge in [0.05, 0.1) is 21.3 Å². The molecule has 0 saturated heterocycles. The highest BCUT2D eigenvalue weighted by Gasteiger charge is 2.24. The van der Waals surface area contributed by atoms with Crippen molar-refractivity contribution in [3.8, 4) is 28.8 Å². The van der Waals surface area contributed by atoms with E-state index in [1.165, 1.54) is 13.2 Å². The molecule has 202 valence electrons. The molecule has 0 unspecified atom stereocenters. The molecule has 39 heavy (non-hydrogen) atoms. The largest absolute Gasteiger partial charge is 0.504 e. The maximum atomic E-state index is 12.2. The lowest BCUT2D eigenvalue weighted by Gasteiger charge is -2.23. The number of aliphatic hydroxyl groups excluding tert-OH is 1. The number of ketones is 1. The van der Waals surface area contributed by atoms with Gasteiger partial charge in [-0.2, -0.15) is 4.98 Å². The fourth-order valence-corrected chi connectivity index (χ4v) is 3.90. The lowest BCUT2D eigenvalue weighted by molar-refractivity contribution is -0.114. The molecule has 0 fully saturated rings. The van der Waals surface area contributed by atoms with Gasteiger partial charge in [0.15, 0.2) is 17.4 Å². The average Bonchev–Trinajstić information content (AvgIpc) is 3.43. The number of allylic oxidation sites excluding steroid dienone is 1. The molecule has 0 radical (unpaired) electrons. The highest BCUT2D eigenvalue weighted by atomic mass is 16.5. The van der Waals surface area contributed by atoms with E-state index in [4.69, 9.17) is 23.6 Å². The summed E-state index contributed by atoms with van der Waals surface area (Å²) in [5.41, 5.74) is 2.58. The number of benzene rings is 2. The number of carbonyl (C=O) groups is 1. The smallest absolute Gasteiger partial charge is 0.229 e. The molecule has 0 saturated carbocycles. The van der Waals surface area contributed by atoms with Crippen molar-refractivity contribution in [2.24, 2.45) is 0 Å². The summed E-state index contributed by atoms with van der Waals surface area (Å²) in [6.07, 6.45) is 2.99. The van der Waals surface area contributed by atoms with E-state index < -0.39 is 0 Å². The fourth-order valence-electron chi connectivity index (χ4n) is 3.90. The van der Waals surface area contributed by atoms with Crippen molar-refractivity contribution in [3.05, 3.63) is 89.8 Å². The minimum atomic E-state index is -0.300. The molecule has 0 bridgehead atoms. The number of aliphatic hydroxyl groups is 1. The van der Waals surface area contributed by atoms with Gasteiger partial charge in [0.1, 0.15) is 11.5 Å². The number of nitrogens with zero attached hydrogens (tertiary/aromatic N) is 3. The summed E-state index contributed by atoms with van der Waals surface area (Å²) in [7, 11) is 4.76. The molecule has 2 aromatic carbocycles. The third-order valence-corrected chi connectivity index (χ3v) is 6.04. The highest BCUT2D eigenvalue weighted by Crippen LogP contribution is 2.34. The Labute approximate surface area is 227 Å².